The molecule has 106 valence electrons. The maximum absolute atomic E-state index is 14.3. The minimum atomic E-state index is -0.670. The molecule has 20 heavy (non-hydrogen) atoms. The van der Waals surface area contributed by atoms with Crippen LogP contribution in [0.2, 0.25) is 0 Å². The molecule has 0 spiro atoms. The van der Waals surface area contributed by atoms with Crippen molar-refractivity contribution in [3.05, 3.63) is 51.5 Å². The number of para-hydroxylation sites is 1. The molecule has 1 aromatic carbocycles. The van der Waals surface area contributed by atoms with Crippen molar-refractivity contribution in [2.24, 2.45) is 0 Å². The van der Waals surface area contributed by atoms with Gasteiger partial charge in [0.2, 0.25) is 0 Å². The molecule has 0 amide bonds. The van der Waals surface area contributed by atoms with Crippen molar-refractivity contribution in [1.29, 1.82) is 0 Å². The molecule has 2 unspecified atom stereocenters. The average Bonchev–Trinajstić information content (AvgIpc) is 2.89. The number of nitrogens with zero attached hydrogens (tertiary/aromatic N) is 1. The van der Waals surface area contributed by atoms with Crippen molar-refractivity contribution < 1.29 is 9.50 Å². The number of hydrogen-bond donors (Lipinski definition) is 1. The van der Waals surface area contributed by atoms with Crippen LogP contribution in [0, 0.1) is 5.82 Å². The lowest BCUT2D eigenvalue weighted by Gasteiger charge is -2.37. The van der Waals surface area contributed by atoms with Crippen LogP contribution in [0.4, 0.5) is 10.1 Å². The summed E-state index contributed by atoms with van der Waals surface area (Å²) in [5.41, 5.74) is 2.49. The van der Waals surface area contributed by atoms with Crippen molar-refractivity contribution in [3.63, 3.8) is 0 Å². The topological polar surface area (TPSA) is 23.5 Å². The molecule has 2 heterocycles. The molecule has 0 saturated carbocycles. The van der Waals surface area contributed by atoms with Crippen LogP contribution in [0.3, 0.4) is 0 Å². The molecule has 3 rings (SSSR count). The minimum absolute atomic E-state index is 0.138. The zero-order valence-corrected chi connectivity index (χ0v) is 12.5. The Hall–Kier alpha value is -1.39. The summed E-state index contributed by atoms with van der Waals surface area (Å²) in [6, 6.07) is 7.20. The lowest BCUT2D eigenvalue weighted by Crippen LogP contribution is -2.34. The van der Waals surface area contributed by atoms with Crippen LogP contribution in [0.1, 0.15) is 42.0 Å². The summed E-state index contributed by atoms with van der Waals surface area (Å²) in [5, 5.41) is 12.0. The van der Waals surface area contributed by atoms with E-state index >= 15 is 0 Å². The Morgan fingerprint density at radius 1 is 1.40 bits per heavy atom. The predicted octanol–water partition coefficient (Wildman–Crippen LogP) is 4.06. The number of benzene rings is 1. The lowest BCUT2D eigenvalue weighted by molar-refractivity contribution is 0.199. The maximum atomic E-state index is 14.3. The highest BCUT2D eigenvalue weighted by Crippen LogP contribution is 2.39. The van der Waals surface area contributed by atoms with E-state index in [0.717, 1.165) is 13.0 Å². The molecule has 1 aromatic heterocycles. The van der Waals surface area contributed by atoms with Gasteiger partial charge in [-0.25, -0.2) is 4.39 Å². The van der Waals surface area contributed by atoms with E-state index in [2.05, 4.69) is 23.3 Å². The van der Waals surface area contributed by atoms with Gasteiger partial charge in [0.05, 0.1) is 17.8 Å². The summed E-state index contributed by atoms with van der Waals surface area (Å²) in [7, 11) is 0. The van der Waals surface area contributed by atoms with Gasteiger partial charge in [0, 0.05) is 17.0 Å². The fourth-order valence-electron chi connectivity index (χ4n) is 2.99. The van der Waals surface area contributed by atoms with E-state index in [1.807, 2.05) is 0 Å². The van der Waals surface area contributed by atoms with E-state index in [1.165, 1.54) is 16.5 Å². The van der Waals surface area contributed by atoms with E-state index in [1.54, 1.807) is 30.4 Å². The Morgan fingerprint density at radius 2 is 2.20 bits per heavy atom. The fourth-order valence-corrected chi connectivity index (χ4v) is 3.95. The third-order valence-corrected chi connectivity index (χ3v) is 5.03. The van der Waals surface area contributed by atoms with Crippen LogP contribution in [0.5, 0.6) is 0 Å². The number of anilines is 1. The quantitative estimate of drug-likeness (QED) is 0.902. The highest BCUT2D eigenvalue weighted by Gasteiger charge is 2.28. The van der Waals surface area contributed by atoms with Gasteiger partial charge < -0.3 is 10.0 Å². The molecule has 0 bridgehead atoms. The first-order valence-electron chi connectivity index (χ1n) is 6.89. The van der Waals surface area contributed by atoms with Crippen molar-refractivity contribution >= 4 is 17.0 Å². The van der Waals surface area contributed by atoms with Gasteiger partial charge in [-0.3, -0.25) is 0 Å². The Bertz CT molecular complexity index is 623. The minimum Gasteiger partial charge on any atom is -0.389 e. The van der Waals surface area contributed by atoms with Crippen LogP contribution in [-0.2, 0) is 6.42 Å². The smallest absolute Gasteiger partial charge is 0.146 e. The largest absolute Gasteiger partial charge is 0.389 e. The standard InChI is InChI=1S/C16H18FNOS/c1-10-12-7-9-20-15(12)6-8-18(10)16-13(11(2)19)4-3-5-14(16)17/h3-5,7,9-11,19H,6,8H2,1-2H3. The first-order chi connectivity index (χ1) is 9.59. The number of thiophene rings is 1. The molecule has 0 saturated heterocycles. The zero-order chi connectivity index (χ0) is 14.3. The van der Waals surface area contributed by atoms with Crippen LogP contribution in [0.15, 0.2) is 29.6 Å². The van der Waals surface area contributed by atoms with Crippen molar-refractivity contribution in [3.8, 4) is 0 Å². The van der Waals surface area contributed by atoms with Crippen LogP contribution < -0.4 is 4.90 Å². The fraction of sp³-hybridized carbons (Fsp3) is 0.375. The number of rotatable bonds is 2. The van der Waals surface area contributed by atoms with Gasteiger partial charge in [0.25, 0.3) is 0 Å². The predicted molar refractivity (Wildman–Crippen MR) is 80.8 cm³/mol. The van der Waals surface area contributed by atoms with E-state index in [9.17, 15) is 9.50 Å². The molecule has 2 nitrogen and oxygen atoms in total. The van der Waals surface area contributed by atoms with Crippen molar-refractivity contribution in [1.82, 2.24) is 0 Å². The molecule has 1 aliphatic heterocycles. The first kappa shape index (κ1) is 13.6. The lowest BCUT2D eigenvalue weighted by atomic mass is 9.98. The molecular weight excluding hydrogens is 273 g/mol. The van der Waals surface area contributed by atoms with Crippen LogP contribution in [-0.4, -0.2) is 11.7 Å². The number of fused-ring (bicyclic) bond motifs is 1. The number of aliphatic hydroxyl groups is 1. The van der Waals surface area contributed by atoms with Crippen molar-refractivity contribution in [2.45, 2.75) is 32.4 Å². The van der Waals surface area contributed by atoms with Gasteiger partial charge in [-0.1, -0.05) is 12.1 Å². The normalized spacial score (nSPS) is 19.8. The summed E-state index contributed by atoms with van der Waals surface area (Å²) < 4.78 is 14.3. The molecule has 0 fully saturated rings. The Balaban J connectivity index is 2.07. The third-order valence-electron chi connectivity index (χ3n) is 4.03. The maximum Gasteiger partial charge on any atom is 0.146 e. The highest BCUT2D eigenvalue weighted by molar-refractivity contribution is 7.10. The molecular formula is C16H18FNOS. The third kappa shape index (κ3) is 2.13. The summed E-state index contributed by atoms with van der Waals surface area (Å²) in [6.45, 7) is 4.57. The summed E-state index contributed by atoms with van der Waals surface area (Å²) in [5.74, 6) is -0.256. The van der Waals surface area contributed by atoms with Crippen LogP contribution >= 0.6 is 11.3 Å². The van der Waals surface area contributed by atoms with Gasteiger partial charge >= 0.3 is 0 Å². The summed E-state index contributed by atoms with van der Waals surface area (Å²) in [4.78, 5) is 3.47. The van der Waals surface area contributed by atoms with E-state index < -0.39 is 6.10 Å². The summed E-state index contributed by atoms with van der Waals surface area (Å²) in [6.07, 6.45) is 0.266. The Kier molecular flexibility index (Phi) is 3.52. The molecule has 4 heteroatoms. The second kappa shape index (κ2) is 5.19. The second-order valence-corrected chi connectivity index (χ2v) is 6.27. The van der Waals surface area contributed by atoms with E-state index in [0.29, 0.717) is 11.3 Å². The average molecular weight is 291 g/mol. The second-order valence-electron chi connectivity index (χ2n) is 5.27. The molecule has 2 atom stereocenters. The monoisotopic (exact) mass is 291 g/mol. The highest BCUT2D eigenvalue weighted by atomic mass is 32.1. The van der Waals surface area contributed by atoms with Gasteiger partial charge in [-0.15, -0.1) is 11.3 Å². The molecule has 1 N–H and O–H groups in total. The van der Waals surface area contributed by atoms with Gasteiger partial charge in [0.15, 0.2) is 0 Å². The molecule has 0 radical (unpaired) electrons. The first-order valence-corrected chi connectivity index (χ1v) is 7.77. The zero-order valence-electron chi connectivity index (χ0n) is 11.6. The van der Waals surface area contributed by atoms with E-state index in [-0.39, 0.29) is 11.9 Å². The number of aliphatic hydroxyl groups excluding tert-OH is 1. The summed E-state index contributed by atoms with van der Waals surface area (Å²) >= 11 is 1.77. The number of halogens is 1. The number of hydrogen-bond acceptors (Lipinski definition) is 3. The molecule has 1 aliphatic rings. The Morgan fingerprint density at radius 3 is 2.95 bits per heavy atom. The van der Waals surface area contributed by atoms with Gasteiger partial charge in [-0.05, 0) is 43.3 Å². The van der Waals surface area contributed by atoms with E-state index in [4.69, 9.17) is 0 Å². The molecule has 0 aliphatic carbocycles. The van der Waals surface area contributed by atoms with Crippen LogP contribution in [0.25, 0.3) is 0 Å². The Labute approximate surface area is 122 Å². The molecule has 2 aromatic rings. The van der Waals surface area contributed by atoms with Gasteiger partial charge in [-0.2, -0.15) is 0 Å². The van der Waals surface area contributed by atoms with Crippen molar-refractivity contribution in [2.75, 3.05) is 11.4 Å². The SMILES string of the molecule is CC(O)c1cccc(F)c1N1CCc2sccc2C1C. The van der Waals surface area contributed by atoms with Gasteiger partial charge in [0.1, 0.15) is 5.82 Å².